The highest BCUT2D eigenvalue weighted by molar-refractivity contribution is 5.54. The molecule has 1 rings (SSSR count). The van der Waals surface area contributed by atoms with Crippen LogP contribution in [0.3, 0.4) is 0 Å². The highest BCUT2D eigenvalue weighted by Crippen LogP contribution is 2.08. The summed E-state index contributed by atoms with van der Waals surface area (Å²) in [4.78, 5) is 0. The van der Waals surface area contributed by atoms with Gasteiger partial charge < -0.3 is 0 Å². The normalized spacial score (nSPS) is 12.2. The third-order valence-electron chi connectivity index (χ3n) is 2.80. The second-order valence-corrected chi connectivity index (χ2v) is 4.55. The molecule has 0 saturated carbocycles. The van der Waals surface area contributed by atoms with E-state index in [-0.39, 0.29) is 0 Å². The second-order valence-electron chi connectivity index (χ2n) is 4.55. The van der Waals surface area contributed by atoms with E-state index in [0.717, 1.165) is 0 Å². The van der Waals surface area contributed by atoms with Crippen LogP contribution in [0.2, 0.25) is 0 Å². The zero-order valence-electron chi connectivity index (χ0n) is 11.2. The van der Waals surface area contributed by atoms with Crippen LogP contribution >= 0.6 is 0 Å². The van der Waals surface area contributed by atoms with Gasteiger partial charge in [-0.05, 0) is 25.3 Å². The third kappa shape index (κ3) is 6.78. The third-order valence-corrected chi connectivity index (χ3v) is 2.80. The first-order valence-corrected chi connectivity index (χ1v) is 6.73. The molecule has 0 nitrogen and oxygen atoms in total. The van der Waals surface area contributed by atoms with Crippen molar-refractivity contribution in [2.24, 2.45) is 0 Å². The maximum absolute atomic E-state index is 2.30. The van der Waals surface area contributed by atoms with Gasteiger partial charge in [0, 0.05) is 0 Å². The molecule has 0 atom stereocenters. The summed E-state index contributed by atoms with van der Waals surface area (Å²) < 4.78 is 0. The Morgan fingerprint density at radius 1 is 1.06 bits per heavy atom. The zero-order valence-corrected chi connectivity index (χ0v) is 11.2. The van der Waals surface area contributed by atoms with Gasteiger partial charge in [0.15, 0.2) is 0 Å². The standard InChI is InChI=1S/C17H24/c1-3-4-5-6-7-9-12-16(2)15-17-13-10-8-11-14-17/h8-15H,3-7H2,1-2H3/b12-9+,16-15+. The minimum absolute atomic E-state index is 1.21. The van der Waals surface area contributed by atoms with Crippen molar-refractivity contribution < 1.29 is 0 Å². The lowest BCUT2D eigenvalue weighted by Crippen LogP contribution is -1.75. The zero-order chi connectivity index (χ0) is 12.3. The van der Waals surface area contributed by atoms with E-state index in [1.54, 1.807) is 0 Å². The minimum Gasteiger partial charge on any atom is -0.0843 e. The molecule has 0 spiro atoms. The van der Waals surface area contributed by atoms with Crippen molar-refractivity contribution in [3.8, 4) is 0 Å². The number of allylic oxidation sites excluding steroid dienone is 3. The summed E-state index contributed by atoms with van der Waals surface area (Å²) in [7, 11) is 0. The lowest BCUT2D eigenvalue weighted by molar-refractivity contribution is 0.674. The highest BCUT2D eigenvalue weighted by Gasteiger charge is 1.87. The second kappa shape index (κ2) is 8.81. The summed E-state index contributed by atoms with van der Waals surface area (Å²) in [6.07, 6.45) is 13.3. The summed E-state index contributed by atoms with van der Waals surface area (Å²) in [5.74, 6) is 0. The van der Waals surface area contributed by atoms with Crippen molar-refractivity contribution in [1.29, 1.82) is 0 Å². The number of hydrogen-bond acceptors (Lipinski definition) is 0. The van der Waals surface area contributed by atoms with Crippen molar-refractivity contribution in [1.82, 2.24) is 0 Å². The molecule has 0 aromatic heterocycles. The Morgan fingerprint density at radius 2 is 1.82 bits per heavy atom. The van der Waals surface area contributed by atoms with Crippen LogP contribution in [-0.4, -0.2) is 0 Å². The fourth-order valence-electron chi connectivity index (χ4n) is 1.82. The van der Waals surface area contributed by atoms with Gasteiger partial charge in [0.2, 0.25) is 0 Å². The first kappa shape index (κ1) is 13.8. The molecule has 0 fully saturated rings. The molecular formula is C17H24. The van der Waals surface area contributed by atoms with Crippen LogP contribution in [0, 0.1) is 0 Å². The van der Waals surface area contributed by atoms with Gasteiger partial charge in [-0.1, -0.05) is 80.3 Å². The molecule has 92 valence electrons. The monoisotopic (exact) mass is 228 g/mol. The Labute approximate surface area is 106 Å². The summed E-state index contributed by atoms with van der Waals surface area (Å²) in [6.45, 7) is 4.41. The molecule has 0 N–H and O–H groups in total. The van der Waals surface area contributed by atoms with Crippen LogP contribution in [0.1, 0.15) is 51.5 Å². The number of benzene rings is 1. The van der Waals surface area contributed by atoms with Gasteiger partial charge in [-0.15, -0.1) is 0 Å². The van der Waals surface area contributed by atoms with Crippen LogP contribution in [0.15, 0.2) is 48.1 Å². The molecule has 0 aliphatic heterocycles. The van der Waals surface area contributed by atoms with E-state index in [9.17, 15) is 0 Å². The van der Waals surface area contributed by atoms with Gasteiger partial charge in [-0.3, -0.25) is 0 Å². The van der Waals surface area contributed by atoms with Crippen molar-refractivity contribution in [3.63, 3.8) is 0 Å². The van der Waals surface area contributed by atoms with Crippen molar-refractivity contribution in [2.75, 3.05) is 0 Å². The fraction of sp³-hybridized carbons (Fsp3) is 0.412. The van der Waals surface area contributed by atoms with Gasteiger partial charge in [0.25, 0.3) is 0 Å². The molecule has 0 heterocycles. The quantitative estimate of drug-likeness (QED) is 0.420. The van der Waals surface area contributed by atoms with E-state index in [0.29, 0.717) is 0 Å². The van der Waals surface area contributed by atoms with Gasteiger partial charge in [0.1, 0.15) is 0 Å². The first-order chi connectivity index (χ1) is 8.33. The highest BCUT2D eigenvalue weighted by atomic mass is 13.9. The van der Waals surface area contributed by atoms with Gasteiger partial charge in [-0.25, -0.2) is 0 Å². The predicted octanol–water partition coefficient (Wildman–Crippen LogP) is 5.62. The maximum Gasteiger partial charge on any atom is -0.0254 e. The minimum atomic E-state index is 1.21. The number of hydrogen-bond donors (Lipinski definition) is 0. The van der Waals surface area contributed by atoms with Crippen LogP contribution in [0.25, 0.3) is 6.08 Å². The maximum atomic E-state index is 2.30. The van der Waals surface area contributed by atoms with Crippen molar-refractivity contribution in [3.05, 3.63) is 53.6 Å². The summed E-state index contributed by atoms with van der Waals surface area (Å²) in [5, 5.41) is 0. The molecule has 0 amide bonds. The Kier molecular flexibility index (Phi) is 7.13. The molecule has 1 aromatic rings. The number of rotatable bonds is 7. The Morgan fingerprint density at radius 3 is 2.53 bits per heavy atom. The SMILES string of the molecule is CCCCCC/C=C/C(C)=C/c1ccccc1. The van der Waals surface area contributed by atoms with Crippen molar-refractivity contribution in [2.45, 2.75) is 46.0 Å². The van der Waals surface area contributed by atoms with Gasteiger partial charge >= 0.3 is 0 Å². The van der Waals surface area contributed by atoms with Gasteiger partial charge in [0.05, 0.1) is 0 Å². The van der Waals surface area contributed by atoms with Crippen LogP contribution < -0.4 is 0 Å². The lowest BCUT2D eigenvalue weighted by Gasteiger charge is -1.96. The van der Waals surface area contributed by atoms with Crippen LogP contribution in [-0.2, 0) is 0 Å². The average molecular weight is 228 g/mol. The van der Waals surface area contributed by atoms with Crippen LogP contribution in [0.4, 0.5) is 0 Å². The molecule has 0 unspecified atom stereocenters. The fourth-order valence-corrected chi connectivity index (χ4v) is 1.82. The largest absolute Gasteiger partial charge is 0.0843 e. The summed E-state index contributed by atoms with van der Waals surface area (Å²) >= 11 is 0. The lowest BCUT2D eigenvalue weighted by atomic mass is 10.1. The van der Waals surface area contributed by atoms with E-state index in [1.807, 2.05) is 0 Å². The van der Waals surface area contributed by atoms with E-state index >= 15 is 0 Å². The molecular weight excluding hydrogens is 204 g/mol. The van der Waals surface area contributed by atoms with Crippen molar-refractivity contribution >= 4 is 6.08 Å². The van der Waals surface area contributed by atoms with E-state index in [2.05, 4.69) is 62.4 Å². The molecule has 17 heavy (non-hydrogen) atoms. The van der Waals surface area contributed by atoms with E-state index in [1.165, 1.54) is 43.2 Å². The molecule has 1 aromatic carbocycles. The summed E-state index contributed by atoms with van der Waals surface area (Å²) in [5.41, 5.74) is 2.60. The first-order valence-electron chi connectivity index (χ1n) is 6.73. The molecule has 0 heteroatoms. The van der Waals surface area contributed by atoms with E-state index in [4.69, 9.17) is 0 Å². The molecule has 0 aliphatic carbocycles. The smallest absolute Gasteiger partial charge is 0.0254 e. The predicted molar refractivity (Wildman–Crippen MR) is 78.0 cm³/mol. The van der Waals surface area contributed by atoms with Gasteiger partial charge in [-0.2, -0.15) is 0 Å². The van der Waals surface area contributed by atoms with E-state index < -0.39 is 0 Å². The molecule has 0 bridgehead atoms. The molecule has 0 radical (unpaired) electrons. The Bertz CT molecular complexity index is 344. The summed E-state index contributed by atoms with van der Waals surface area (Å²) in [6, 6.07) is 10.5. The number of unbranched alkanes of at least 4 members (excludes halogenated alkanes) is 4. The average Bonchev–Trinajstić information content (AvgIpc) is 2.35. The topological polar surface area (TPSA) is 0 Å². The Balaban J connectivity index is 2.31. The molecule has 0 saturated heterocycles. The Hall–Kier alpha value is -1.30. The van der Waals surface area contributed by atoms with Crippen LogP contribution in [0.5, 0.6) is 0 Å². The molecule has 0 aliphatic rings.